The SMILES string of the molecule is C[C@@H]1CCC[C@@H](n2ncc3cnc(Nc4cnn(C)c4)nc32)C1. The smallest absolute Gasteiger partial charge is 0.229 e. The maximum Gasteiger partial charge on any atom is 0.229 e. The summed E-state index contributed by atoms with van der Waals surface area (Å²) in [6.07, 6.45) is 12.3. The second kappa shape index (κ2) is 5.64. The van der Waals surface area contributed by atoms with Crippen LogP contribution in [0.5, 0.6) is 0 Å². The molecule has 1 saturated carbocycles. The van der Waals surface area contributed by atoms with Crippen LogP contribution in [0.4, 0.5) is 11.6 Å². The summed E-state index contributed by atoms with van der Waals surface area (Å²) in [6, 6.07) is 0.442. The average Bonchev–Trinajstić information content (AvgIpc) is 3.13. The van der Waals surface area contributed by atoms with Crippen molar-refractivity contribution in [3.63, 3.8) is 0 Å². The van der Waals surface area contributed by atoms with Gasteiger partial charge in [-0.2, -0.15) is 15.2 Å². The highest BCUT2D eigenvalue weighted by atomic mass is 15.3. The van der Waals surface area contributed by atoms with E-state index in [1.54, 1.807) is 10.9 Å². The van der Waals surface area contributed by atoms with E-state index in [2.05, 4.69) is 37.1 Å². The fraction of sp³-hybridized carbons (Fsp3) is 0.500. The molecule has 3 aromatic rings. The minimum atomic E-state index is 0.442. The second-order valence-electron chi connectivity index (χ2n) is 6.51. The van der Waals surface area contributed by atoms with Crippen LogP contribution < -0.4 is 5.32 Å². The summed E-state index contributed by atoms with van der Waals surface area (Å²) in [5.41, 5.74) is 1.79. The molecule has 2 atom stereocenters. The Morgan fingerprint density at radius 1 is 1.17 bits per heavy atom. The second-order valence-corrected chi connectivity index (χ2v) is 6.51. The molecule has 0 bridgehead atoms. The van der Waals surface area contributed by atoms with Gasteiger partial charge in [-0.05, 0) is 18.8 Å². The van der Waals surface area contributed by atoms with E-state index in [0.29, 0.717) is 12.0 Å². The summed E-state index contributed by atoms with van der Waals surface area (Å²) in [7, 11) is 1.88. The van der Waals surface area contributed by atoms with Crippen molar-refractivity contribution in [2.45, 2.75) is 38.6 Å². The molecule has 7 nitrogen and oxygen atoms in total. The monoisotopic (exact) mass is 311 g/mol. The molecule has 0 radical (unpaired) electrons. The minimum absolute atomic E-state index is 0.442. The summed E-state index contributed by atoms with van der Waals surface area (Å²) in [5, 5.41) is 12.9. The van der Waals surface area contributed by atoms with Gasteiger partial charge in [-0.1, -0.05) is 19.8 Å². The number of rotatable bonds is 3. The van der Waals surface area contributed by atoms with Gasteiger partial charge in [-0.3, -0.25) is 4.68 Å². The molecule has 1 aliphatic rings. The van der Waals surface area contributed by atoms with E-state index in [9.17, 15) is 0 Å². The number of fused-ring (bicyclic) bond motifs is 1. The van der Waals surface area contributed by atoms with E-state index in [1.807, 2.05) is 25.6 Å². The predicted molar refractivity (Wildman–Crippen MR) is 88.5 cm³/mol. The quantitative estimate of drug-likeness (QED) is 0.804. The Morgan fingerprint density at radius 2 is 2.09 bits per heavy atom. The van der Waals surface area contributed by atoms with Crippen molar-refractivity contribution in [1.82, 2.24) is 29.5 Å². The lowest BCUT2D eigenvalue weighted by Crippen LogP contribution is -2.19. The number of hydrogen-bond acceptors (Lipinski definition) is 5. The third-order valence-corrected chi connectivity index (χ3v) is 4.55. The summed E-state index contributed by atoms with van der Waals surface area (Å²) in [5.74, 6) is 1.33. The number of aromatic nitrogens is 6. The molecule has 4 rings (SSSR count). The van der Waals surface area contributed by atoms with E-state index in [-0.39, 0.29) is 0 Å². The molecule has 23 heavy (non-hydrogen) atoms. The van der Waals surface area contributed by atoms with Crippen molar-refractivity contribution >= 4 is 22.7 Å². The highest BCUT2D eigenvalue weighted by Crippen LogP contribution is 2.33. The normalized spacial score (nSPS) is 21.7. The van der Waals surface area contributed by atoms with Crippen LogP contribution in [0.25, 0.3) is 11.0 Å². The highest BCUT2D eigenvalue weighted by Gasteiger charge is 2.23. The molecule has 1 fully saturated rings. The topological polar surface area (TPSA) is 73.5 Å². The number of nitrogens with zero attached hydrogens (tertiary/aromatic N) is 6. The molecule has 3 heterocycles. The number of hydrogen-bond donors (Lipinski definition) is 1. The lowest BCUT2D eigenvalue weighted by atomic mass is 9.87. The Labute approximate surface area is 134 Å². The van der Waals surface area contributed by atoms with Crippen LogP contribution in [0.1, 0.15) is 38.6 Å². The molecule has 0 saturated heterocycles. The van der Waals surface area contributed by atoms with Gasteiger partial charge in [0.1, 0.15) is 0 Å². The minimum Gasteiger partial charge on any atom is -0.321 e. The van der Waals surface area contributed by atoms with Crippen molar-refractivity contribution in [2.75, 3.05) is 5.32 Å². The summed E-state index contributed by atoms with van der Waals surface area (Å²) in [6.45, 7) is 2.32. The first-order valence-corrected chi connectivity index (χ1v) is 8.15. The molecule has 7 heteroatoms. The lowest BCUT2D eigenvalue weighted by molar-refractivity contribution is 0.271. The first-order valence-electron chi connectivity index (χ1n) is 8.15. The molecule has 0 spiro atoms. The molecule has 1 aliphatic carbocycles. The molecule has 0 aliphatic heterocycles. The molecule has 0 unspecified atom stereocenters. The van der Waals surface area contributed by atoms with Gasteiger partial charge in [0.25, 0.3) is 0 Å². The van der Waals surface area contributed by atoms with Crippen LogP contribution in [0.15, 0.2) is 24.8 Å². The zero-order valence-electron chi connectivity index (χ0n) is 13.5. The Hall–Kier alpha value is -2.44. The van der Waals surface area contributed by atoms with Gasteiger partial charge < -0.3 is 5.32 Å². The Bertz CT molecular complexity index is 819. The molecular weight excluding hydrogens is 290 g/mol. The molecule has 0 amide bonds. The first-order chi connectivity index (χ1) is 11.2. The van der Waals surface area contributed by atoms with Crippen LogP contribution in [0, 0.1) is 5.92 Å². The zero-order valence-corrected chi connectivity index (χ0v) is 13.5. The fourth-order valence-electron chi connectivity index (χ4n) is 3.40. The standard InChI is InChI=1S/C16H21N7/c1-11-4-3-5-14(6-11)23-15-12(8-19-23)7-17-16(21-15)20-13-9-18-22(2)10-13/h7-11,14H,3-6H2,1-2H3,(H,17,20,21)/t11-,14-/m1/s1. The van der Waals surface area contributed by atoms with Gasteiger partial charge in [0.05, 0.1) is 29.5 Å². The van der Waals surface area contributed by atoms with Gasteiger partial charge in [-0.25, -0.2) is 9.67 Å². The van der Waals surface area contributed by atoms with Crippen molar-refractivity contribution in [3.8, 4) is 0 Å². The van der Waals surface area contributed by atoms with E-state index in [1.165, 1.54) is 25.7 Å². The van der Waals surface area contributed by atoms with Crippen molar-refractivity contribution < 1.29 is 0 Å². The lowest BCUT2D eigenvalue weighted by Gasteiger charge is -2.27. The third-order valence-electron chi connectivity index (χ3n) is 4.55. The Morgan fingerprint density at radius 3 is 2.87 bits per heavy atom. The van der Waals surface area contributed by atoms with E-state index in [0.717, 1.165) is 22.6 Å². The van der Waals surface area contributed by atoms with Gasteiger partial charge in [0.15, 0.2) is 5.65 Å². The fourth-order valence-corrected chi connectivity index (χ4v) is 3.40. The Kier molecular flexibility index (Phi) is 3.48. The number of anilines is 2. The van der Waals surface area contributed by atoms with Crippen LogP contribution in [-0.2, 0) is 7.05 Å². The van der Waals surface area contributed by atoms with Crippen molar-refractivity contribution in [2.24, 2.45) is 13.0 Å². The highest BCUT2D eigenvalue weighted by molar-refractivity contribution is 5.75. The number of aryl methyl sites for hydroxylation is 1. The van der Waals surface area contributed by atoms with Crippen LogP contribution in [0.3, 0.4) is 0 Å². The molecule has 120 valence electrons. The van der Waals surface area contributed by atoms with Crippen molar-refractivity contribution in [3.05, 3.63) is 24.8 Å². The average molecular weight is 311 g/mol. The molecule has 1 N–H and O–H groups in total. The molecule has 0 aromatic carbocycles. The Balaban J connectivity index is 1.65. The summed E-state index contributed by atoms with van der Waals surface area (Å²) in [4.78, 5) is 9.05. The van der Waals surface area contributed by atoms with Crippen LogP contribution in [0.2, 0.25) is 0 Å². The van der Waals surface area contributed by atoms with Crippen LogP contribution in [-0.4, -0.2) is 29.5 Å². The summed E-state index contributed by atoms with van der Waals surface area (Å²) >= 11 is 0. The van der Waals surface area contributed by atoms with Crippen molar-refractivity contribution in [1.29, 1.82) is 0 Å². The van der Waals surface area contributed by atoms with Crippen LogP contribution >= 0.6 is 0 Å². The third kappa shape index (κ3) is 2.78. The first kappa shape index (κ1) is 14.2. The van der Waals surface area contributed by atoms with E-state index in [4.69, 9.17) is 0 Å². The number of nitrogens with one attached hydrogen (secondary N) is 1. The maximum atomic E-state index is 4.68. The maximum absolute atomic E-state index is 4.68. The largest absolute Gasteiger partial charge is 0.321 e. The predicted octanol–water partition coefficient (Wildman–Crippen LogP) is 3.05. The summed E-state index contributed by atoms with van der Waals surface area (Å²) < 4.78 is 3.83. The zero-order chi connectivity index (χ0) is 15.8. The van der Waals surface area contributed by atoms with Gasteiger partial charge in [0, 0.05) is 19.4 Å². The van der Waals surface area contributed by atoms with Gasteiger partial charge in [0.2, 0.25) is 5.95 Å². The van der Waals surface area contributed by atoms with E-state index < -0.39 is 0 Å². The van der Waals surface area contributed by atoms with E-state index >= 15 is 0 Å². The van der Waals surface area contributed by atoms with Gasteiger partial charge >= 0.3 is 0 Å². The van der Waals surface area contributed by atoms with Gasteiger partial charge in [-0.15, -0.1) is 0 Å². The molecule has 3 aromatic heterocycles. The molecular formula is C16H21N7.